The van der Waals surface area contributed by atoms with Crippen molar-refractivity contribution in [3.05, 3.63) is 12.0 Å². The molecule has 1 heterocycles. The van der Waals surface area contributed by atoms with Crippen LogP contribution in [-0.4, -0.2) is 6.61 Å². The zero-order valence-corrected chi connectivity index (χ0v) is 3.89. The van der Waals surface area contributed by atoms with Crippen LogP contribution in [0, 0.1) is 0 Å². The van der Waals surface area contributed by atoms with Gasteiger partial charge in [-0.3, -0.25) is 0 Å². The zero-order chi connectivity index (χ0) is 5.11. The van der Waals surface area contributed by atoms with Crippen LogP contribution in [0.2, 0.25) is 0 Å². The summed E-state index contributed by atoms with van der Waals surface area (Å²) in [6.07, 6.45) is 2.71. The first-order valence-corrected chi connectivity index (χ1v) is 2.13. The maximum Gasteiger partial charge on any atom is 0.295 e. The number of rotatable bonds is 1. The van der Waals surface area contributed by atoms with Crippen molar-refractivity contribution in [2.75, 3.05) is 6.61 Å². The van der Waals surface area contributed by atoms with Crippen LogP contribution in [-0.2, 0) is 9.57 Å². The average molecular weight is 101 g/mol. The maximum atomic E-state index is 4.82. The van der Waals surface area contributed by atoms with Gasteiger partial charge in [0.1, 0.15) is 0 Å². The van der Waals surface area contributed by atoms with Crippen LogP contribution in [0.15, 0.2) is 12.0 Å². The highest BCUT2D eigenvalue weighted by Gasteiger charge is 2.02. The summed E-state index contributed by atoms with van der Waals surface area (Å²) in [5, 5.41) is 0. The Hall–Kier alpha value is -0.700. The van der Waals surface area contributed by atoms with E-state index in [1.165, 1.54) is 0 Å². The third-order valence-corrected chi connectivity index (χ3v) is 0.789. The van der Waals surface area contributed by atoms with Gasteiger partial charge < -0.3 is 9.57 Å². The molecule has 7 heavy (non-hydrogen) atoms. The van der Waals surface area contributed by atoms with E-state index in [4.69, 9.17) is 10.6 Å². The molecular formula is C4H7NO2. The number of hydrogen-bond acceptors (Lipinski definition) is 3. The second kappa shape index (κ2) is 1.84. The van der Waals surface area contributed by atoms with Gasteiger partial charge in [0.05, 0.1) is 6.61 Å². The van der Waals surface area contributed by atoms with Crippen LogP contribution in [0.3, 0.4) is 0 Å². The molecule has 0 aromatic heterocycles. The molecule has 40 valence electrons. The lowest BCUT2D eigenvalue weighted by molar-refractivity contribution is 0.0535. The Morgan fingerprint density at radius 2 is 2.71 bits per heavy atom. The lowest BCUT2D eigenvalue weighted by atomic mass is 10.5. The molecule has 0 amide bonds. The molecule has 0 aromatic carbocycles. The summed E-state index contributed by atoms with van der Waals surface area (Å²) in [6.45, 7) is 0.701. The standard InChI is InChI=1S/C4H7NO2/c5-7-4-2-1-3-6-4/h2H,1,3,5H2. The van der Waals surface area contributed by atoms with Crippen LogP contribution < -0.4 is 5.90 Å². The molecule has 1 aliphatic heterocycles. The Labute approximate surface area is 41.7 Å². The number of nitrogens with two attached hydrogens (primary N) is 1. The zero-order valence-electron chi connectivity index (χ0n) is 3.89. The van der Waals surface area contributed by atoms with Gasteiger partial charge in [0, 0.05) is 12.5 Å². The van der Waals surface area contributed by atoms with Gasteiger partial charge in [0.2, 0.25) is 0 Å². The summed E-state index contributed by atoms with van der Waals surface area (Å²) in [5.41, 5.74) is 0. The third-order valence-electron chi connectivity index (χ3n) is 0.789. The van der Waals surface area contributed by atoms with E-state index in [1.807, 2.05) is 0 Å². The summed E-state index contributed by atoms with van der Waals surface area (Å²) in [7, 11) is 0. The van der Waals surface area contributed by atoms with Crippen molar-refractivity contribution in [1.82, 2.24) is 0 Å². The molecule has 0 unspecified atom stereocenters. The van der Waals surface area contributed by atoms with Crippen molar-refractivity contribution in [3.63, 3.8) is 0 Å². The van der Waals surface area contributed by atoms with Gasteiger partial charge in [-0.05, 0) is 0 Å². The summed E-state index contributed by atoms with van der Waals surface area (Å²) >= 11 is 0. The Morgan fingerprint density at radius 3 is 3.00 bits per heavy atom. The van der Waals surface area contributed by atoms with Crippen molar-refractivity contribution < 1.29 is 9.57 Å². The summed E-state index contributed by atoms with van der Waals surface area (Å²) in [4.78, 5) is 4.25. The van der Waals surface area contributed by atoms with Gasteiger partial charge >= 0.3 is 0 Å². The molecule has 0 fully saturated rings. The van der Waals surface area contributed by atoms with E-state index in [1.54, 1.807) is 6.08 Å². The fourth-order valence-electron chi connectivity index (χ4n) is 0.477. The van der Waals surface area contributed by atoms with Crippen LogP contribution >= 0.6 is 0 Å². The fraction of sp³-hybridized carbons (Fsp3) is 0.500. The highest BCUT2D eigenvalue weighted by atomic mass is 16.7. The van der Waals surface area contributed by atoms with Crippen LogP contribution in [0.25, 0.3) is 0 Å². The molecule has 0 radical (unpaired) electrons. The fourth-order valence-corrected chi connectivity index (χ4v) is 0.477. The van der Waals surface area contributed by atoms with E-state index >= 15 is 0 Å². The minimum absolute atomic E-state index is 0.444. The summed E-state index contributed by atoms with van der Waals surface area (Å²) in [5.74, 6) is 5.18. The maximum absolute atomic E-state index is 4.82. The number of ether oxygens (including phenoxy) is 1. The molecular weight excluding hydrogens is 94.0 g/mol. The highest BCUT2D eigenvalue weighted by molar-refractivity contribution is 4.88. The van der Waals surface area contributed by atoms with Crippen LogP contribution in [0.5, 0.6) is 0 Å². The number of hydrogen-bond donors (Lipinski definition) is 1. The van der Waals surface area contributed by atoms with E-state index in [-0.39, 0.29) is 0 Å². The molecule has 0 aliphatic carbocycles. The van der Waals surface area contributed by atoms with E-state index in [0.29, 0.717) is 12.6 Å². The van der Waals surface area contributed by atoms with Gasteiger partial charge in [-0.25, -0.2) is 0 Å². The first-order chi connectivity index (χ1) is 3.43. The van der Waals surface area contributed by atoms with Crippen LogP contribution in [0.4, 0.5) is 0 Å². The van der Waals surface area contributed by atoms with Crippen molar-refractivity contribution in [1.29, 1.82) is 0 Å². The summed E-state index contributed by atoms with van der Waals surface area (Å²) in [6, 6.07) is 0. The largest absolute Gasteiger partial charge is 0.464 e. The molecule has 3 heteroatoms. The van der Waals surface area contributed by atoms with Gasteiger partial charge in [-0.1, -0.05) is 0 Å². The summed E-state index contributed by atoms with van der Waals surface area (Å²) < 4.78 is 4.82. The van der Waals surface area contributed by atoms with E-state index in [0.717, 1.165) is 6.42 Å². The Balaban J connectivity index is 2.36. The van der Waals surface area contributed by atoms with Crippen molar-refractivity contribution in [3.8, 4) is 0 Å². The molecule has 1 rings (SSSR count). The lowest BCUT2D eigenvalue weighted by Crippen LogP contribution is -1.98. The molecule has 0 spiro atoms. The third kappa shape index (κ3) is 0.838. The van der Waals surface area contributed by atoms with E-state index in [2.05, 4.69) is 4.84 Å². The Bertz CT molecular complexity index is 89.7. The molecule has 0 saturated carbocycles. The van der Waals surface area contributed by atoms with Crippen molar-refractivity contribution >= 4 is 0 Å². The molecule has 0 saturated heterocycles. The molecule has 2 N–H and O–H groups in total. The normalized spacial score (nSPS) is 18.1. The van der Waals surface area contributed by atoms with E-state index < -0.39 is 0 Å². The molecule has 1 aliphatic rings. The lowest BCUT2D eigenvalue weighted by Gasteiger charge is -1.95. The first-order valence-electron chi connectivity index (χ1n) is 2.13. The molecule has 0 bridgehead atoms. The topological polar surface area (TPSA) is 44.5 Å². The second-order valence-corrected chi connectivity index (χ2v) is 1.28. The Morgan fingerprint density at radius 1 is 1.86 bits per heavy atom. The first kappa shape index (κ1) is 4.46. The van der Waals surface area contributed by atoms with Crippen molar-refractivity contribution in [2.45, 2.75) is 6.42 Å². The second-order valence-electron chi connectivity index (χ2n) is 1.28. The predicted molar refractivity (Wildman–Crippen MR) is 23.9 cm³/mol. The average Bonchev–Trinajstić information content (AvgIpc) is 2.14. The highest BCUT2D eigenvalue weighted by Crippen LogP contribution is 2.06. The molecule has 0 atom stereocenters. The van der Waals surface area contributed by atoms with E-state index in [9.17, 15) is 0 Å². The minimum atomic E-state index is 0.444. The quantitative estimate of drug-likeness (QED) is 0.478. The Kier molecular flexibility index (Phi) is 1.17. The predicted octanol–water partition coefficient (Wildman–Crippen LogP) is 0.138. The van der Waals surface area contributed by atoms with Gasteiger partial charge in [0.25, 0.3) is 5.95 Å². The molecule has 0 aromatic rings. The SMILES string of the molecule is NOC1=CCCO1. The smallest absolute Gasteiger partial charge is 0.295 e. The van der Waals surface area contributed by atoms with Crippen molar-refractivity contribution in [2.24, 2.45) is 5.90 Å². The molecule has 3 nitrogen and oxygen atoms in total. The minimum Gasteiger partial charge on any atom is -0.464 e. The van der Waals surface area contributed by atoms with Gasteiger partial charge in [-0.15, -0.1) is 0 Å². The van der Waals surface area contributed by atoms with Gasteiger partial charge in [-0.2, -0.15) is 5.90 Å². The monoisotopic (exact) mass is 101 g/mol. The van der Waals surface area contributed by atoms with Gasteiger partial charge in [0.15, 0.2) is 0 Å². The van der Waals surface area contributed by atoms with Crippen LogP contribution in [0.1, 0.15) is 6.42 Å².